The van der Waals surface area contributed by atoms with Crippen molar-refractivity contribution in [1.29, 1.82) is 0 Å². The number of hydrogen-bond acceptors (Lipinski definition) is 8. The Morgan fingerprint density at radius 3 is 2.17 bits per heavy atom. The molecule has 2 aliphatic heterocycles. The molecule has 2 aliphatic rings. The summed E-state index contributed by atoms with van der Waals surface area (Å²) in [5.41, 5.74) is 3.51. The minimum atomic E-state index is -1.10. The third-order valence-corrected chi connectivity index (χ3v) is 11.7. The van der Waals surface area contributed by atoms with Crippen LogP contribution < -0.4 is 15.2 Å². The minimum Gasteiger partial charge on any atom is -0.506 e. The fourth-order valence-corrected chi connectivity index (χ4v) is 8.68. The fraction of sp³-hybridized carbons (Fsp3) is 0.239. The number of rotatable bonds is 11. The summed E-state index contributed by atoms with van der Waals surface area (Å²) in [6.45, 7) is 5.44. The molecule has 7 aromatic rings. The second-order valence-corrected chi connectivity index (χ2v) is 15.4. The highest BCUT2D eigenvalue weighted by Gasteiger charge is 2.42. The number of fused-ring (bicyclic) bond motifs is 2. The van der Waals surface area contributed by atoms with Crippen LogP contribution in [-0.4, -0.2) is 86.9 Å². The van der Waals surface area contributed by atoms with Gasteiger partial charge in [0.15, 0.2) is 5.82 Å². The number of alkyl halides is 1. The van der Waals surface area contributed by atoms with Crippen molar-refractivity contribution in [1.82, 2.24) is 24.5 Å². The van der Waals surface area contributed by atoms with Crippen molar-refractivity contribution in [2.75, 3.05) is 56.2 Å². The van der Waals surface area contributed by atoms with Gasteiger partial charge in [-0.05, 0) is 47.4 Å². The number of phenols is 1. The molecular formula is C46H42BrFN6O4. The van der Waals surface area contributed by atoms with Gasteiger partial charge in [0.25, 0.3) is 5.56 Å². The van der Waals surface area contributed by atoms with Crippen LogP contribution in [0.25, 0.3) is 28.0 Å². The van der Waals surface area contributed by atoms with E-state index in [9.17, 15) is 9.90 Å². The molecule has 58 heavy (non-hydrogen) atoms. The van der Waals surface area contributed by atoms with Gasteiger partial charge in [0, 0.05) is 43.1 Å². The second-order valence-electron chi connectivity index (χ2n) is 14.6. The Morgan fingerprint density at radius 1 is 0.828 bits per heavy atom. The molecule has 10 nitrogen and oxygen atoms in total. The first-order valence-electron chi connectivity index (χ1n) is 19.6. The highest BCUT2D eigenvalue weighted by atomic mass is 79.9. The average molecular weight is 842 g/mol. The summed E-state index contributed by atoms with van der Waals surface area (Å²) < 4.78 is 30.7. The molecule has 0 amide bonds. The van der Waals surface area contributed by atoms with Gasteiger partial charge in [-0.25, -0.2) is 9.07 Å². The van der Waals surface area contributed by atoms with E-state index < -0.39 is 22.7 Å². The predicted molar refractivity (Wildman–Crippen MR) is 227 cm³/mol. The lowest BCUT2D eigenvalue weighted by Gasteiger charge is -2.44. The standard InChI is InChI=1S/C46H42BrFN6O4/c47-22-11-26-58-41-28-32(20-21-38(41)52-24-23-51-25-27-57-31-36(51)30-52)43-44-39(29-42(56)53(49-44)45-37(48)18-10-19-40(45)55)54(50-43)46(33-12-4-1-5-13-33,34-14-6-2-7-15-34)35-16-8-3-9-17-35/h1-10,12-21,28-29,36,55H,11,22-27,30-31H2/t36-/m1/s1. The lowest BCUT2D eigenvalue weighted by atomic mass is 9.77. The van der Waals surface area contributed by atoms with E-state index in [1.807, 2.05) is 71.4 Å². The van der Waals surface area contributed by atoms with Crippen LogP contribution in [-0.2, 0) is 10.3 Å². The molecule has 0 spiro atoms. The number of para-hydroxylation sites is 1. The van der Waals surface area contributed by atoms with Crippen molar-refractivity contribution in [3.8, 4) is 28.4 Å². The first kappa shape index (κ1) is 37.7. The third kappa shape index (κ3) is 6.74. The summed E-state index contributed by atoms with van der Waals surface area (Å²) >= 11 is 3.55. The van der Waals surface area contributed by atoms with Crippen molar-refractivity contribution >= 4 is 32.7 Å². The summed E-state index contributed by atoms with van der Waals surface area (Å²) in [4.78, 5) is 19.1. The lowest BCUT2D eigenvalue weighted by Crippen LogP contribution is -2.58. The number of aromatic nitrogens is 4. The summed E-state index contributed by atoms with van der Waals surface area (Å²) in [6.07, 6.45) is 0.805. The molecule has 4 heterocycles. The van der Waals surface area contributed by atoms with Gasteiger partial charge in [-0.1, -0.05) is 119 Å². The average Bonchev–Trinajstić information content (AvgIpc) is 3.63. The number of ether oxygens (including phenoxy) is 2. The molecule has 12 heteroatoms. The van der Waals surface area contributed by atoms with Crippen LogP contribution in [0.4, 0.5) is 10.1 Å². The van der Waals surface area contributed by atoms with Gasteiger partial charge in [-0.3, -0.25) is 9.69 Å². The normalized spacial score (nSPS) is 16.0. The number of phenolic OH excluding ortho intramolecular Hbond substituents is 1. The Balaban J connectivity index is 1.32. The van der Waals surface area contributed by atoms with E-state index in [2.05, 4.69) is 68.2 Å². The number of morpholine rings is 1. The van der Waals surface area contributed by atoms with Crippen LogP contribution in [0.5, 0.6) is 11.5 Å². The van der Waals surface area contributed by atoms with Gasteiger partial charge in [0.1, 0.15) is 33.9 Å². The highest BCUT2D eigenvalue weighted by molar-refractivity contribution is 9.09. The summed E-state index contributed by atoms with van der Waals surface area (Å²) in [7, 11) is 0. The summed E-state index contributed by atoms with van der Waals surface area (Å²) in [6, 6.07) is 41.9. The van der Waals surface area contributed by atoms with Crippen molar-refractivity contribution < 1.29 is 19.0 Å². The predicted octanol–water partition coefficient (Wildman–Crippen LogP) is 7.62. The molecule has 0 radical (unpaired) electrons. The van der Waals surface area contributed by atoms with Crippen molar-refractivity contribution in [3.05, 3.63) is 166 Å². The topological polar surface area (TPSA) is 97.9 Å². The molecule has 294 valence electrons. The van der Waals surface area contributed by atoms with E-state index >= 15 is 4.39 Å². The zero-order valence-corrected chi connectivity index (χ0v) is 33.3. The van der Waals surface area contributed by atoms with E-state index in [0.29, 0.717) is 41.3 Å². The Kier molecular flexibility index (Phi) is 10.5. The quantitative estimate of drug-likeness (QED) is 0.0808. The Bertz CT molecular complexity index is 2490. The van der Waals surface area contributed by atoms with Crippen LogP contribution in [0.15, 0.2) is 138 Å². The van der Waals surface area contributed by atoms with Gasteiger partial charge in [0.2, 0.25) is 0 Å². The zero-order chi connectivity index (χ0) is 39.6. The SMILES string of the molecule is O=c1cc2c(nn1-c1c(O)cccc1F)c(-c1ccc(N3CCN4CCOC[C@H]4C3)c(OCCCBr)c1)nn2C(c1ccccc1)(c1ccccc1)c1ccccc1. The Morgan fingerprint density at radius 2 is 1.52 bits per heavy atom. The van der Waals surface area contributed by atoms with Gasteiger partial charge < -0.3 is 19.5 Å². The van der Waals surface area contributed by atoms with E-state index in [1.165, 1.54) is 24.3 Å². The largest absolute Gasteiger partial charge is 0.506 e. The first-order chi connectivity index (χ1) is 28.5. The summed E-state index contributed by atoms with van der Waals surface area (Å²) in [5.74, 6) is -0.498. The monoisotopic (exact) mass is 840 g/mol. The number of halogens is 2. The molecule has 2 saturated heterocycles. The second kappa shape index (κ2) is 16.2. The van der Waals surface area contributed by atoms with Crippen LogP contribution >= 0.6 is 15.9 Å². The van der Waals surface area contributed by atoms with E-state index in [1.54, 1.807) is 0 Å². The van der Waals surface area contributed by atoms with E-state index in [4.69, 9.17) is 19.7 Å². The number of piperazine rings is 1. The van der Waals surface area contributed by atoms with Crippen molar-refractivity contribution in [3.63, 3.8) is 0 Å². The van der Waals surface area contributed by atoms with Crippen LogP contribution in [0.3, 0.4) is 0 Å². The smallest absolute Gasteiger partial charge is 0.273 e. The highest BCUT2D eigenvalue weighted by Crippen LogP contribution is 2.44. The maximum absolute atomic E-state index is 15.5. The molecule has 1 N–H and O–H groups in total. The lowest BCUT2D eigenvalue weighted by molar-refractivity contribution is -0.0117. The molecule has 2 aromatic heterocycles. The number of anilines is 1. The Hall–Kier alpha value is -5.82. The molecule has 2 fully saturated rings. The number of aromatic hydroxyl groups is 1. The van der Waals surface area contributed by atoms with Crippen LogP contribution in [0.1, 0.15) is 23.1 Å². The van der Waals surface area contributed by atoms with Crippen molar-refractivity contribution in [2.45, 2.75) is 18.0 Å². The fourth-order valence-electron chi connectivity index (χ4n) is 8.45. The molecular weight excluding hydrogens is 799 g/mol. The van der Waals surface area contributed by atoms with Crippen LogP contribution in [0.2, 0.25) is 0 Å². The number of hydrogen-bond donors (Lipinski definition) is 1. The summed E-state index contributed by atoms with van der Waals surface area (Å²) in [5, 5.41) is 22.0. The maximum Gasteiger partial charge on any atom is 0.273 e. The molecule has 0 unspecified atom stereocenters. The maximum atomic E-state index is 15.5. The third-order valence-electron chi connectivity index (χ3n) is 11.2. The molecule has 9 rings (SSSR count). The van der Waals surface area contributed by atoms with Gasteiger partial charge in [-0.2, -0.15) is 14.9 Å². The van der Waals surface area contributed by atoms with Crippen molar-refractivity contribution in [2.24, 2.45) is 0 Å². The minimum absolute atomic E-state index is 0.287. The zero-order valence-electron chi connectivity index (χ0n) is 31.8. The Labute approximate surface area is 343 Å². The molecule has 0 aliphatic carbocycles. The van der Waals surface area contributed by atoms with Gasteiger partial charge >= 0.3 is 0 Å². The molecule has 5 aromatic carbocycles. The number of nitrogens with zero attached hydrogens (tertiary/aromatic N) is 6. The number of benzene rings is 5. The van der Waals surface area contributed by atoms with Gasteiger partial charge in [-0.15, -0.1) is 0 Å². The van der Waals surface area contributed by atoms with E-state index in [-0.39, 0.29) is 11.7 Å². The van der Waals surface area contributed by atoms with Gasteiger partial charge in [0.05, 0.1) is 37.1 Å². The van der Waals surface area contributed by atoms with E-state index in [0.717, 1.165) is 71.6 Å². The molecule has 0 saturated carbocycles. The molecule has 0 bridgehead atoms. The van der Waals surface area contributed by atoms with Crippen LogP contribution in [0, 0.1) is 5.82 Å². The molecule has 1 atom stereocenters. The first-order valence-corrected chi connectivity index (χ1v) is 20.7.